The molecular formula is C17H18BrNO3S. The molecule has 0 aromatic heterocycles. The first-order chi connectivity index (χ1) is 10.9. The molecule has 2 aromatic rings. The van der Waals surface area contributed by atoms with E-state index >= 15 is 0 Å². The summed E-state index contributed by atoms with van der Waals surface area (Å²) in [7, 11) is -3.39. The molecule has 2 rings (SSSR count). The Morgan fingerprint density at radius 3 is 2.26 bits per heavy atom. The number of nitrogens with one attached hydrogen (secondary N) is 1. The van der Waals surface area contributed by atoms with Crippen molar-refractivity contribution in [3.05, 3.63) is 64.1 Å². The first kappa shape index (κ1) is 17.7. The van der Waals surface area contributed by atoms with Gasteiger partial charge >= 0.3 is 0 Å². The lowest BCUT2D eigenvalue weighted by molar-refractivity contribution is -0.120. The molecule has 1 amide bonds. The Balaban J connectivity index is 1.85. The van der Waals surface area contributed by atoms with Crippen molar-refractivity contribution in [2.45, 2.75) is 18.2 Å². The molecule has 6 heteroatoms. The van der Waals surface area contributed by atoms with Gasteiger partial charge in [0.15, 0.2) is 9.84 Å². The minimum atomic E-state index is -3.39. The van der Waals surface area contributed by atoms with Gasteiger partial charge in [0.25, 0.3) is 0 Å². The second kappa shape index (κ2) is 7.75. The molecule has 0 spiro atoms. The molecule has 0 saturated heterocycles. The van der Waals surface area contributed by atoms with Crippen LogP contribution < -0.4 is 5.32 Å². The number of hydrogen-bond donors (Lipinski definition) is 1. The van der Waals surface area contributed by atoms with Crippen LogP contribution in [0.4, 0.5) is 0 Å². The summed E-state index contributed by atoms with van der Waals surface area (Å²) in [5, 5.41) is 2.66. The summed E-state index contributed by atoms with van der Waals surface area (Å²) in [6, 6.07) is 14.1. The zero-order valence-electron chi connectivity index (χ0n) is 12.8. The Labute approximate surface area is 145 Å². The highest BCUT2D eigenvalue weighted by atomic mass is 79.9. The number of hydrogen-bond acceptors (Lipinski definition) is 3. The van der Waals surface area contributed by atoms with Crippen molar-refractivity contribution < 1.29 is 13.2 Å². The van der Waals surface area contributed by atoms with Crippen LogP contribution in [0, 0.1) is 6.92 Å². The Hall–Kier alpha value is -1.66. The van der Waals surface area contributed by atoms with E-state index in [1.165, 1.54) is 0 Å². The van der Waals surface area contributed by atoms with Gasteiger partial charge in [-0.1, -0.05) is 45.8 Å². The lowest BCUT2D eigenvalue weighted by Crippen LogP contribution is -2.30. The largest absolute Gasteiger partial charge is 0.355 e. The highest BCUT2D eigenvalue weighted by Crippen LogP contribution is 2.15. The van der Waals surface area contributed by atoms with Gasteiger partial charge in [-0.2, -0.15) is 0 Å². The molecule has 0 bridgehead atoms. The zero-order valence-corrected chi connectivity index (χ0v) is 15.2. The van der Waals surface area contributed by atoms with E-state index in [1.807, 2.05) is 31.2 Å². The Bertz CT molecular complexity index is 768. The van der Waals surface area contributed by atoms with Gasteiger partial charge < -0.3 is 5.32 Å². The number of carbonyl (C=O) groups is 1. The quantitative estimate of drug-likeness (QED) is 0.817. The van der Waals surface area contributed by atoms with Gasteiger partial charge in [0.1, 0.15) is 0 Å². The lowest BCUT2D eigenvalue weighted by Gasteiger charge is -2.07. The van der Waals surface area contributed by atoms with Crippen LogP contribution in [0.25, 0.3) is 0 Å². The second-order valence-electron chi connectivity index (χ2n) is 5.29. The molecule has 122 valence electrons. The van der Waals surface area contributed by atoms with E-state index in [-0.39, 0.29) is 29.5 Å². The van der Waals surface area contributed by atoms with Gasteiger partial charge in [0, 0.05) is 11.0 Å². The molecule has 0 saturated carbocycles. The maximum Gasteiger partial charge on any atom is 0.224 e. The van der Waals surface area contributed by atoms with Crippen LogP contribution in [0.3, 0.4) is 0 Å². The van der Waals surface area contributed by atoms with Crippen molar-refractivity contribution in [1.29, 1.82) is 0 Å². The molecule has 0 fully saturated rings. The molecule has 0 aliphatic heterocycles. The van der Waals surface area contributed by atoms with Gasteiger partial charge in [-0.05, 0) is 36.8 Å². The van der Waals surface area contributed by atoms with Gasteiger partial charge in [0.2, 0.25) is 5.91 Å². The third-order valence-corrected chi connectivity index (χ3v) is 5.61. The topological polar surface area (TPSA) is 63.2 Å². The molecule has 0 atom stereocenters. The Morgan fingerprint density at radius 1 is 1.04 bits per heavy atom. The minimum absolute atomic E-state index is 0.100. The summed E-state index contributed by atoms with van der Waals surface area (Å²) in [5.41, 5.74) is 2.04. The molecule has 0 heterocycles. The lowest BCUT2D eigenvalue weighted by atomic mass is 10.1. The monoisotopic (exact) mass is 395 g/mol. The summed E-state index contributed by atoms with van der Waals surface area (Å²) in [6.45, 7) is 2.08. The highest BCUT2D eigenvalue weighted by Gasteiger charge is 2.14. The van der Waals surface area contributed by atoms with Crippen LogP contribution in [-0.2, 0) is 21.1 Å². The number of benzene rings is 2. The van der Waals surface area contributed by atoms with Gasteiger partial charge in [-0.25, -0.2) is 8.42 Å². The second-order valence-corrected chi connectivity index (χ2v) is 8.31. The number of halogens is 1. The summed E-state index contributed by atoms with van der Waals surface area (Å²) >= 11 is 3.27. The van der Waals surface area contributed by atoms with Crippen LogP contribution in [0.15, 0.2) is 57.9 Å². The standard InChI is InChI=1S/C17H18BrNO3S/c1-13-2-4-14(5-3-13)12-17(20)19-10-11-23(21,22)16-8-6-15(18)7-9-16/h2-9H,10-12H2,1H3,(H,19,20). The van der Waals surface area contributed by atoms with Crippen LogP contribution in [0.5, 0.6) is 0 Å². The van der Waals surface area contributed by atoms with E-state index < -0.39 is 9.84 Å². The molecular weight excluding hydrogens is 378 g/mol. The van der Waals surface area contributed by atoms with Gasteiger partial charge in [-0.15, -0.1) is 0 Å². The van der Waals surface area contributed by atoms with Crippen LogP contribution in [0.2, 0.25) is 0 Å². The highest BCUT2D eigenvalue weighted by molar-refractivity contribution is 9.10. The van der Waals surface area contributed by atoms with E-state index in [1.54, 1.807) is 24.3 Å². The number of aryl methyl sites for hydroxylation is 1. The average molecular weight is 396 g/mol. The van der Waals surface area contributed by atoms with E-state index in [4.69, 9.17) is 0 Å². The third kappa shape index (κ3) is 5.48. The van der Waals surface area contributed by atoms with Crippen molar-refractivity contribution in [3.63, 3.8) is 0 Å². The summed E-state index contributed by atoms with van der Waals surface area (Å²) in [5.74, 6) is -0.297. The molecule has 4 nitrogen and oxygen atoms in total. The van der Waals surface area contributed by atoms with Crippen molar-refractivity contribution >= 4 is 31.7 Å². The normalized spacial score (nSPS) is 11.2. The molecule has 0 unspecified atom stereocenters. The predicted octanol–water partition coefficient (Wildman–Crippen LogP) is 2.89. The number of carbonyl (C=O) groups excluding carboxylic acids is 1. The van der Waals surface area contributed by atoms with Crippen molar-refractivity contribution in [1.82, 2.24) is 5.32 Å². The first-order valence-corrected chi connectivity index (χ1v) is 9.62. The summed E-state index contributed by atoms with van der Waals surface area (Å²) in [4.78, 5) is 12.1. The smallest absolute Gasteiger partial charge is 0.224 e. The molecule has 0 aliphatic rings. The SMILES string of the molecule is Cc1ccc(CC(=O)NCCS(=O)(=O)c2ccc(Br)cc2)cc1. The maximum atomic E-state index is 12.2. The van der Waals surface area contributed by atoms with E-state index in [9.17, 15) is 13.2 Å². The van der Waals surface area contributed by atoms with Gasteiger partial charge in [0.05, 0.1) is 17.1 Å². The zero-order chi connectivity index (χ0) is 16.9. The van der Waals surface area contributed by atoms with E-state index in [2.05, 4.69) is 21.2 Å². The fraction of sp³-hybridized carbons (Fsp3) is 0.235. The fourth-order valence-corrected chi connectivity index (χ4v) is 3.46. The Morgan fingerprint density at radius 2 is 1.65 bits per heavy atom. The summed E-state index contributed by atoms with van der Waals surface area (Å²) in [6.07, 6.45) is 0.249. The average Bonchev–Trinajstić information content (AvgIpc) is 2.50. The molecule has 1 N–H and O–H groups in total. The van der Waals surface area contributed by atoms with Crippen molar-refractivity contribution in [2.75, 3.05) is 12.3 Å². The minimum Gasteiger partial charge on any atom is -0.355 e. The van der Waals surface area contributed by atoms with Crippen LogP contribution in [0.1, 0.15) is 11.1 Å². The van der Waals surface area contributed by atoms with Crippen molar-refractivity contribution in [2.24, 2.45) is 0 Å². The maximum absolute atomic E-state index is 12.2. The fourth-order valence-electron chi connectivity index (χ4n) is 2.04. The van der Waals surface area contributed by atoms with E-state index in [0.29, 0.717) is 0 Å². The molecule has 23 heavy (non-hydrogen) atoms. The molecule has 2 aromatic carbocycles. The predicted molar refractivity (Wildman–Crippen MR) is 94.1 cm³/mol. The third-order valence-electron chi connectivity index (χ3n) is 3.35. The molecule has 0 radical (unpaired) electrons. The number of rotatable bonds is 6. The molecule has 0 aliphatic carbocycles. The van der Waals surface area contributed by atoms with Gasteiger partial charge in [-0.3, -0.25) is 4.79 Å². The van der Waals surface area contributed by atoms with E-state index in [0.717, 1.165) is 15.6 Å². The van der Waals surface area contributed by atoms with Crippen molar-refractivity contribution in [3.8, 4) is 0 Å². The first-order valence-electron chi connectivity index (χ1n) is 7.17. The number of amides is 1. The Kier molecular flexibility index (Phi) is 5.96. The summed E-state index contributed by atoms with van der Waals surface area (Å²) < 4.78 is 25.1. The number of sulfone groups is 1. The van der Waals surface area contributed by atoms with Crippen LogP contribution >= 0.6 is 15.9 Å². The van der Waals surface area contributed by atoms with Crippen LogP contribution in [-0.4, -0.2) is 26.6 Å².